The van der Waals surface area contributed by atoms with E-state index in [-0.39, 0.29) is 6.09 Å². The molecule has 1 aromatic carbocycles. The van der Waals surface area contributed by atoms with Crippen molar-refractivity contribution in [3.8, 4) is 0 Å². The van der Waals surface area contributed by atoms with Crippen LogP contribution in [0.4, 0.5) is 16.3 Å². The number of carbonyl (C=O) groups is 1. The Morgan fingerprint density at radius 2 is 2.00 bits per heavy atom. The summed E-state index contributed by atoms with van der Waals surface area (Å²) in [6.45, 7) is 7.06. The van der Waals surface area contributed by atoms with Crippen LogP contribution < -0.4 is 5.73 Å². The third kappa shape index (κ3) is 3.72. The molecule has 0 aliphatic carbocycles. The van der Waals surface area contributed by atoms with Crippen molar-refractivity contribution >= 4 is 50.1 Å². The van der Waals surface area contributed by atoms with Gasteiger partial charge < -0.3 is 15.4 Å². The maximum Gasteiger partial charge on any atom is 0.410 e. The number of aliphatic imine (C=N–C) groups is 1. The molecule has 0 radical (unpaired) electrons. The summed E-state index contributed by atoms with van der Waals surface area (Å²) in [6, 6.07) is 6.09. The van der Waals surface area contributed by atoms with Crippen LogP contribution in [0.3, 0.4) is 0 Å². The van der Waals surface area contributed by atoms with Crippen molar-refractivity contribution < 1.29 is 9.53 Å². The van der Waals surface area contributed by atoms with Crippen LogP contribution in [-0.2, 0) is 11.2 Å². The molecule has 7 heteroatoms. The maximum atomic E-state index is 12.3. The Labute approximate surface area is 173 Å². The molecular weight excluding hydrogens is 420 g/mol. The number of likely N-dealkylation sites (tertiary alicyclic amines) is 1. The van der Waals surface area contributed by atoms with Gasteiger partial charge in [-0.1, -0.05) is 22.0 Å². The first-order valence-corrected chi connectivity index (χ1v) is 10.4. The number of rotatable bonds is 1. The van der Waals surface area contributed by atoms with E-state index in [4.69, 9.17) is 15.5 Å². The Morgan fingerprint density at radius 3 is 2.68 bits per heavy atom. The van der Waals surface area contributed by atoms with Gasteiger partial charge in [0, 0.05) is 41.0 Å². The predicted molar refractivity (Wildman–Crippen MR) is 115 cm³/mol. The zero-order valence-corrected chi connectivity index (χ0v) is 18.0. The van der Waals surface area contributed by atoms with E-state index in [1.54, 1.807) is 4.90 Å². The number of amides is 1. The molecule has 2 N–H and O–H groups in total. The highest BCUT2D eigenvalue weighted by Gasteiger charge is 2.32. The lowest BCUT2D eigenvalue weighted by molar-refractivity contribution is 0.0201. The van der Waals surface area contributed by atoms with Crippen molar-refractivity contribution in [2.75, 3.05) is 18.8 Å². The molecule has 6 nitrogen and oxygen atoms in total. The first kappa shape index (κ1) is 19.2. The minimum Gasteiger partial charge on any atom is -0.444 e. The Hall–Kier alpha value is -2.15. The number of halogens is 1. The second kappa shape index (κ2) is 7.03. The van der Waals surface area contributed by atoms with Crippen molar-refractivity contribution in [1.82, 2.24) is 9.88 Å². The highest BCUT2D eigenvalue weighted by atomic mass is 79.9. The molecule has 0 saturated carbocycles. The minimum absolute atomic E-state index is 0.229. The molecule has 3 heterocycles. The molecule has 0 unspecified atom stereocenters. The number of nitrogens with zero attached hydrogens (tertiary/aromatic N) is 3. The summed E-state index contributed by atoms with van der Waals surface area (Å²) in [5.74, 6) is 0.845. The molecule has 1 fully saturated rings. The molecule has 148 valence electrons. The van der Waals surface area contributed by atoms with Crippen molar-refractivity contribution in [1.29, 1.82) is 0 Å². The number of nitrogen functional groups attached to an aromatic ring is 1. The summed E-state index contributed by atoms with van der Waals surface area (Å²) in [7, 11) is 0. The van der Waals surface area contributed by atoms with E-state index in [2.05, 4.69) is 27.0 Å². The molecule has 1 amide bonds. The van der Waals surface area contributed by atoms with Gasteiger partial charge in [-0.2, -0.15) is 0 Å². The van der Waals surface area contributed by atoms with Crippen LogP contribution in [0.1, 0.15) is 39.2 Å². The first-order valence-electron chi connectivity index (χ1n) is 9.64. The van der Waals surface area contributed by atoms with Gasteiger partial charge in [0.05, 0.1) is 5.52 Å². The number of hydrogen-bond acceptors (Lipinski definition) is 5. The first-order chi connectivity index (χ1) is 13.2. The number of fused-ring (bicyclic) bond motifs is 3. The zero-order chi connectivity index (χ0) is 20.1. The fourth-order valence-electron chi connectivity index (χ4n) is 3.94. The van der Waals surface area contributed by atoms with E-state index < -0.39 is 5.60 Å². The Bertz CT molecular complexity index is 973. The van der Waals surface area contributed by atoms with Crippen LogP contribution in [0.25, 0.3) is 10.9 Å². The number of ether oxygens (including phenoxy) is 1. The number of hydrogen-bond donors (Lipinski definition) is 1. The van der Waals surface area contributed by atoms with Crippen LogP contribution in [0.2, 0.25) is 0 Å². The van der Waals surface area contributed by atoms with Gasteiger partial charge in [-0.15, -0.1) is 0 Å². The lowest BCUT2D eigenvalue weighted by Gasteiger charge is -2.33. The van der Waals surface area contributed by atoms with E-state index in [1.165, 1.54) is 5.56 Å². The summed E-state index contributed by atoms with van der Waals surface area (Å²) < 4.78 is 6.48. The van der Waals surface area contributed by atoms with Crippen LogP contribution >= 0.6 is 15.9 Å². The fourth-order valence-corrected chi connectivity index (χ4v) is 4.29. The topological polar surface area (TPSA) is 80.8 Å². The number of carbonyl (C=O) groups excluding carboxylic acids is 1. The smallest absolute Gasteiger partial charge is 0.410 e. The van der Waals surface area contributed by atoms with E-state index in [9.17, 15) is 4.79 Å². The minimum atomic E-state index is -0.467. The molecular formula is C21H25BrN4O2. The summed E-state index contributed by atoms with van der Waals surface area (Å²) in [6.07, 6.45) is 2.36. The van der Waals surface area contributed by atoms with Crippen LogP contribution in [0, 0.1) is 5.92 Å². The van der Waals surface area contributed by atoms with E-state index >= 15 is 0 Å². The van der Waals surface area contributed by atoms with Gasteiger partial charge in [-0.05, 0) is 51.3 Å². The highest BCUT2D eigenvalue weighted by Crippen LogP contribution is 2.40. The molecule has 4 rings (SSSR count). The summed E-state index contributed by atoms with van der Waals surface area (Å²) >= 11 is 3.50. The van der Waals surface area contributed by atoms with Gasteiger partial charge in [-0.25, -0.2) is 9.78 Å². The summed E-state index contributed by atoms with van der Waals surface area (Å²) in [5, 5.41) is 1.11. The van der Waals surface area contributed by atoms with E-state index in [0.29, 0.717) is 24.8 Å². The van der Waals surface area contributed by atoms with Crippen molar-refractivity contribution in [3.63, 3.8) is 0 Å². The second-order valence-electron chi connectivity index (χ2n) is 8.51. The van der Waals surface area contributed by atoms with Gasteiger partial charge in [0.1, 0.15) is 17.1 Å². The molecule has 0 spiro atoms. The quantitative estimate of drug-likeness (QED) is 0.680. The number of benzene rings is 1. The average Bonchev–Trinajstić information content (AvgIpc) is 3.06. The Morgan fingerprint density at radius 1 is 1.29 bits per heavy atom. The van der Waals surface area contributed by atoms with Crippen LogP contribution in [0.15, 0.2) is 27.7 Å². The summed E-state index contributed by atoms with van der Waals surface area (Å²) in [5.41, 5.74) is 9.76. The van der Waals surface area contributed by atoms with Crippen molar-refractivity contribution in [2.24, 2.45) is 10.9 Å². The number of piperidine rings is 1. The molecule has 2 aliphatic heterocycles. The average molecular weight is 445 g/mol. The molecule has 0 bridgehead atoms. The Kier molecular flexibility index (Phi) is 4.81. The summed E-state index contributed by atoms with van der Waals surface area (Å²) in [4.78, 5) is 23.5. The van der Waals surface area contributed by atoms with Crippen molar-refractivity contribution in [2.45, 2.75) is 45.6 Å². The van der Waals surface area contributed by atoms with Gasteiger partial charge in [0.25, 0.3) is 0 Å². The van der Waals surface area contributed by atoms with Gasteiger partial charge in [0.2, 0.25) is 0 Å². The van der Waals surface area contributed by atoms with Gasteiger partial charge in [-0.3, -0.25) is 4.99 Å². The lowest BCUT2D eigenvalue weighted by Crippen LogP contribution is -2.43. The SMILES string of the molecule is CC(C)(C)OC(=O)N1CCC(C2=Nc3c(N)nc4cc(Br)ccc4c3C2)CC1. The molecule has 0 atom stereocenters. The number of pyridine rings is 1. The molecule has 1 aromatic heterocycles. The standard InChI is InChI=1S/C21H25BrN4O2/c1-21(2,3)28-20(27)26-8-6-12(7-9-26)16-11-15-14-5-4-13(22)10-17(14)25-19(23)18(15)24-16/h4-5,10,12H,6-9,11H2,1-3H3,(H2,23,25). The van der Waals surface area contributed by atoms with E-state index in [1.807, 2.05) is 32.9 Å². The Balaban J connectivity index is 1.48. The van der Waals surface area contributed by atoms with Crippen LogP contribution in [0.5, 0.6) is 0 Å². The van der Waals surface area contributed by atoms with Crippen LogP contribution in [-0.4, -0.2) is 40.4 Å². The maximum absolute atomic E-state index is 12.3. The third-order valence-corrected chi connectivity index (χ3v) is 5.78. The monoisotopic (exact) mass is 444 g/mol. The highest BCUT2D eigenvalue weighted by molar-refractivity contribution is 9.10. The van der Waals surface area contributed by atoms with E-state index in [0.717, 1.165) is 46.0 Å². The number of anilines is 1. The number of nitrogens with two attached hydrogens (primary N) is 1. The molecule has 28 heavy (non-hydrogen) atoms. The van der Waals surface area contributed by atoms with Crippen molar-refractivity contribution in [3.05, 3.63) is 28.2 Å². The molecule has 1 saturated heterocycles. The second-order valence-corrected chi connectivity index (χ2v) is 9.42. The number of aromatic nitrogens is 1. The molecule has 2 aliphatic rings. The largest absolute Gasteiger partial charge is 0.444 e. The fraction of sp³-hybridized carbons (Fsp3) is 0.476. The normalized spacial score (nSPS) is 17.6. The zero-order valence-electron chi connectivity index (χ0n) is 16.5. The van der Waals surface area contributed by atoms with Gasteiger partial charge >= 0.3 is 6.09 Å². The van der Waals surface area contributed by atoms with Gasteiger partial charge in [0.15, 0.2) is 0 Å². The lowest BCUT2D eigenvalue weighted by atomic mass is 9.89. The molecule has 2 aromatic rings. The predicted octanol–water partition coefficient (Wildman–Crippen LogP) is 4.86. The third-order valence-electron chi connectivity index (χ3n) is 5.29.